The minimum atomic E-state index is -0.458. The summed E-state index contributed by atoms with van der Waals surface area (Å²) in [6.45, 7) is 0. The third-order valence-corrected chi connectivity index (χ3v) is 5.65. The van der Waals surface area contributed by atoms with Crippen LogP contribution in [-0.4, -0.2) is 19.5 Å². The molecule has 5 rings (SSSR count). The van der Waals surface area contributed by atoms with E-state index in [0.717, 1.165) is 5.56 Å². The first kappa shape index (κ1) is 19.6. The Bertz CT molecular complexity index is 1580. The Balaban J connectivity index is 1.46. The van der Waals surface area contributed by atoms with Crippen LogP contribution in [0.25, 0.3) is 34.5 Å². The van der Waals surface area contributed by atoms with E-state index in [0.29, 0.717) is 32.4 Å². The highest BCUT2D eigenvalue weighted by Gasteiger charge is 2.17. The van der Waals surface area contributed by atoms with Gasteiger partial charge in [-0.05, 0) is 29.8 Å². The minimum absolute atomic E-state index is 0.0483. The van der Waals surface area contributed by atoms with Gasteiger partial charge in [-0.2, -0.15) is 9.50 Å². The van der Waals surface area contributed by atoms with E-state index < -0.39 is 4.92 Å². The molecule has 0 bridgehead atoms. The first-order valence-electron chi connectivity index (χ1n) is 9.56. The average Bonchev–Trinajstić information content (AvgIpc) is 3.50. The maximum Gasteiger partial charge on any atom is 0.291 e. The number of nitrogens with zero attached hydrogens (tertiary/aromatic N) is 4. The molecule has 5 aromatic rings. The van der Waals surface area contributed by atoms with Gasteiger partial charge in [0.2, 0.25) is 4.96 Å². The monoisotopic (exact) mass is 442 g/mol. The zero-order valence-corrected chi connectivity index (χ0v) is 17.2. The van der Waals surface area contributed by atoms with E-state index in [9.17, 15) is 14.9 Å². The van der Waals surface area contributed by atoms with Gasteiger partial charge >= 0.3 is 0 Å². The van der Waals surface area contributed by atoms with E-state index in [-0.39, 0.29) is 11.2 Å². The molecule has 0 saturated heterocycles. The SMILES string of the molecule is O=c1/c(=C/c2ccc(-c3ccccc3[N+](=O)[O-])o2)sc2nc(/C=C/c3ccccc3)nn12. The number of benzene rings is 2. The normalized spacial score (nSPS) is 12.2. The summed E-state index contributed by atoms with van der Waals surface area (Å²) in [5, 5.41) is 15.5. The molecule has 0 N–H and O–H groups in total. The average molecular weight is 442 g/mol. The van der Waals surface area contributed by atoms with E-state index in [4.69, 9.17) is 4.42 Å². The third-order valence-electron chi connectivity index (χ3n) is 4.69. The van der Waals surface area contributed by atoms with Gasteiger partial charge in [0.15, 0.2) is 5.82 Å². The van der Waals surface area contributed by atoms with Crippen LogP contribution in [0.1, 0.15) is 17.1 Å². The lowest BCUT2D eigenvalue weighted by Gasteiger charge is -1.98. The lowest BCUT2D eigenvalue weighted by Crippen LogP contribution is -2.23. The minimum Gasteiger partial charge on any atom is -0.456 e. The van der Waals surface area contributed by atoms with Crippen molar-refractivity contribution in [3.63, 3.8) is 0 Å². The third kappa shape index (κ3) is 3.72. The molecular formula is C23H14N4O4S. The van der Waals surface area contributed by atoms with Gasteiger partial charge < -0.3 is 4.42 Å². The van der Waals surface area contributed by atoms with Crippen LogP contribution in [0.4, 0.5) is 5.69 Å². The summed E-state index contributed by atoms with van der Waals surface area (Å²) in [5.41, 5.74) is 1.03. The molecule has 0 atom stereocenters. The first-order valence-corrected chi connectivity index (χ1v) is 10.4. The van der Waals surface area contributed by atoms with E-state index >= 15 is 0 Å². The molecule has 0 aliphatic carbocycles. The van der Waals surface area contributed by atoms with Gasteiger partial charge in [0.05, 0.1) is 10.5 Å². The van der Waals surface area contributed by atoms with Crippen molar-refractivity contribution >= 4 is 40.2 Å². The fourth-order valence-corrected chi connectivity index (χ4v) is 4.09. The molecule has 0 amide bonds. The van der Waals surface area contributed by atoms with Crippen LogP contribution in [0.2, 0.25) is 0 Å². The van der Waals surface area contributed by atoms with Crippen molar-refractivity contribution in [1.82, 2.24) is 14.6 Å². The molecule has 0 aliphatic rings. The summed E-state index contributed by atoms with van der Waals surface area (Å²) in [4.78, 5) is 28.4. The summed E-state index contributed by atoms with van der Waals surface area (Å²) in [6, 6.07) is 19.4. The quantitative estimate of drug-likeness (QED) is 0.301. The van der Waals surface area contributed by atoms with Gasteiger partial charge in [0, 0.05) is 12.1 Å². The van der Waals surface area contributed by atoms with E-state index in [1.807, 2.05) is 36.4 Å². The zero-order valence-electron chi connectivity index (χ0n) is 16.4. The molecule has 0 radical (unpaired) electrons. The van der Waals surface area contributed by atoms with Crippen molar-refractivity contribution < 1.29 is 9.34 Å². The topological polar surface area (TPSA) is 104 Å². The summed E-state index contributed by atoms with van der Waals surface area (Å²) in [5.74, 6) is 1.20. The van der Waals surface area contributed by atoms with Crippen LogP contribution in [0.15, 0.2) is 75.9 Å². The summed E-state index contributed by atoms with van der Waals surface area (Å²) in [7, 11) is 0. The molecule has 9 heteroatoms. The summed E-state index contributed by atoms with van der Waals surface area (Å²) >= 11 is 1.19. The van der Waals surface area contributed by atoms with Crippen LogP contribution < -0.4 is 10.1 Å². The lowest BCUT2D eigenvalue weighted by molar-refractivity contribution is -0.384. The summed E-state index contributed by atoms with van der Waals surface area (Å²) < 4.78 is 7.41. The second-order valence-corrected chi connectivity index (χ2v) is 7.81. The molecule has 3 aromatic heterocycles. The molecule has 3 heterocycles. The molecule has 0 fully saturated rings. The number of nitro groups is 1. The highest BCUT2D eigenvalue weighted by Crippen LogP contribution is 2.30. The van der Waals surface area contributed by atoms with Gasteiger partial charge in [-0.3, -0.25) is 14.9 Å². The Morgan fingerprint density at radius 3 is 2.56 bits per heavy atom. The Hall–Kier alpha value is -4.37. The van der Waals surface area contributed by atoms with Crippen molar-refractivity contribution in [1.29, 1.82) is 0 Å². The molecule has 0 spiro atoms. The van der Waals surface area contributed by atoms with Crippen molar-refractivity contribution in [3.05, 3.63) is 109 Å². The molecule has 0 unspecified atom stereocenters. The molecular weight excluding hydrogens is 428 g/mol. The predicted molar refractivity (Wildman–Crippen MR) is 122 cm³/mol. The Morgan fingerprint density at radius 2 is 1.78 bits per heavy atom. The fourth-order valence-electron chi connectivity index (χ4n) is 3.20. The van der Waals surface area contributed by atoms with Gasteiger partial charge in [-0.25, -0.2) is 0 Å². The number of para-hydroxylation sites is 1. The lowest BCUT2D eigenvalue weighted by atomic mass is 10.1. The number of aromatic nitrogens is 3. The molecule has 2 aromatic carbocycles. The smallest absolute Gasteiger partial charge is 0.291 e. The molecule has 8 nitrogen and oxygen atoms in total. The Labute approximate surface area is 184 Å². The van der Waals surface area contributed by atoms with Crippen LogP contribution in [0.5, 0.6) is 0 Å². The van der Waals surface area contributed by atoms with Gasteiger partial charge in [0.25, 0.3) is 11.2 Å². The highest BCUT2D eigenvalue weighted by molar-refractivity contribution is 7.15. The van der Waals surface area contributed by atoms with Crippen molar-refractivity contribution in [2.24, 2.45) is 0 Å². The van der Waals surface area contributed by atoms with Crippen LogP contribution in [-0.2, 0) is 0 Å². The number of rotatable bonds is 5. The largest absolute Gasteiger partial charge is 0.456 e. The molecule has 0 aliphatic heterocycles. The molecule has 0 saturated carbocycles. The number of nitro benzene ring substituents is 1. The maximum absolute atomic E-state index is 12.7. The van der Waals surface area contributed by atoms with E-state index in [1.54, 1.807) is 42.5 Å². The number of thiazole rings is 1. The highest BCUT2D eigenvalue weighted by atomic mass is 32.1. The van der Waals surface area contributed by atoms with Crippen LogP contribution in [0, 0.1) is 10.1 Å². The fraction of sp³-hybridized carbons (Fsp3) is 0. The van der Waals surface area contributed by atoms with Crippen LogP contribution in [0.3, 0.4) is 0 Å². The number of hydrogen-bond acceptors (Lipinski definition) is 7. The van der Waals surface area contributed by atoms with E-state index in [1.165, 1.54) is 21.9 Å². The second kappa shape index (κ2) is 8.05. The van der Waals surface area contributed by atoms with Crippen LogP contribution >= 0.6 is 11.3 Å². The zero-order chi connectivity index (χ0) is 22.1. The molecule has 156 valence electrons. The van der Waals surface area contributed by atoms with Crippen molar-refractivity contribution in [2.45, 2.75) is 0 Å². The standard InChI is InChI=1S/C23H14N4O4S/c28-22-20(14-16-11-12-19(31-16)17-8-4-5-9-18(17)27(29)30)32-23-24-21(25-26(22)23)13-10-15-6-2-1-3-7-15/h1-14H/b13-10+,20-14-. The first-order chi connectivity index (χ1) is 15.6. The van der Waals surface area contributed by atoms with Gasteiger partial charge in [-0.1, -0.05) is 59.9 Å². The number of fused-ring (bicyclic) bond motifs is 1. The van der Waals surface area contributed by atoms with Crippen molar-refractivity contribution in [3.8, 4) is 11.3 Å². The van der Waals surface area contributed by atoms with Gasteiger partial charge in [0.1, 0.15) is 16.1 Å². The van der Waals surface area contributed by atoms with E-state index in [2.05, 4.69) is 10.1 Å². The van der Waals surface area contributed by atoms with Crippen molar-refractivity contribution in [2.75, 3.05) is 0 Å². The molecule has 32 heavy (non-hydrogen) atoms. The van der Waals surface area contributed by atoms with Gasteiger partial charge in [-0.15, -0.1) is 5.10 Å². The summed E-state index contributed by atoms with van der Waals surface area (Å²) in [6.07, 6.45) is 5.22. The second-order valence-electron chi connectivity index (χ2n) is 6.80. The Kier molecular flexibility index (Phi) is 4.92. The predicted octanol–water partition coefficient (Wildman–Crippen LogP) is 4.04. The maximum atomic E-state index is 12.7. The number of furan rings is 1. The number of hydrogen-bond donors (Lipinski definition) is 0. The Morgan fingerprint density at radius 1 is 1.00 bits per heavy atom.